The van der Waals surface area contributed by atoms with E-state index in [1.54, 1.807) is 55.6 Å². The number of methoxy groups -OCH3 is 1. The van der Waals surface area contributed by atoms with Gasteiger partial charge < -0.3 is 14.4 Å². The van der Waals surface area contributed by atoms with Crippen LogP contribution in [-0.2, 0) is 0 Å². The molecule has 0 atom stereocenters. The summed E-state index contributed by atoms with van der Waals surface area (Å²) in [5.74, 6) is -0.0837. The van der Waals surface area contributed by atoms with Gasteiger partial charge in [0, 0.05) is 11.6 Å². The fourth-order valence-electron chi connectivity index (χ4n) is 2.11. The molecule has 0 aliphatic heterocycles. The summed E-state index contributed by atoms with van der Waals surface area (Å²) in [6, 6.07) is 13.7. The Morgan fingerprint density at radius 3 is 2.55 bits per heavy atom. The second-order valence-corrected chi connectivity index (χ2v) is 4.54. The second kappa shape index (κ2) is 5.69. The molecule has 1 aromatic heterocycles. The van der Waals surface area contributed by atoms with E-state index in [0.717, 1.165) is 0 Å². The van der Waals surface area contributed by atoms with E-state index in [2.05, 4.69) is 9.79 Å². The zero-order valence-corrected chi connectivity index (χ0v) is 11.7. The van der Waals surface area contributed by atoms with Crippen molar-refractivity contribution in [3.63, 3.8) is 0 Å². The van der Waals surface area contributed by atoms with Crippen LogP contribution in [0.25, 0.3) is 5.69 Å². The summed E-state index contributed by atoms with van der Waals surface area (Å²) in [6.07, 6.45) is 1.18. The first kappa shape index (κ1) is 13.8. The quantitative estimate of drug-likeness (QED) is 0.535. The van der Waals surface area contributed by atoms with E-state index in [0.29, 0.717) is 22.6 Å². The van der Waals surface area contributed by atoms with Crippen LogP contribution in [0.3, 0.4) is 0 Å². The monoisotopic (exact) mass is 296 g/mol. The topological polar surface area (TPSA) is 79.3 Å². The van der Waals surface area contributed by atoms with Crippen LogP contribution < -0.4 is 14.5 Å². The molecule has 0 bridgehead atoms. The highest BCUT2D eigenvalue weighted by molar-refractivity contribution is 6.10. The number of carbonyl (C=O) groups is 1. The zero-order chi connectivity index (χ0) is 15.5. The lowest BCUT2D eigenvalue weighted by atomic mass is 10.0. The van der Waals surface area contributed by atoms with Crippen LogP contribution in [0.2, 0.25) is 0 Å². The SMILES string of the molecule is COc1ccc(C(=O)c2ccccc2-[n+]2cc([O-])on2)cc1. The Labute approximate surface area is 126 Å². The molecule has 0 radical (unpaired) electrons. The minimum Gasteiger partial charge on any atom is -0.539 e. The molecule has 3 aromatic rings. The molecule has 6 nitrogen and oxygen atoms in total. The molecule has 6 heteroatoms. The zero-order valence-electron chi connectivity index (χ0n) is 11.7. The number of ketones is 1. The number of carbonyl (C=O) groups excluding carboxylic acids is 1. The van der Waals surface area contributed by atoms with Crippen molar-refractivity contribution in [2.75, 3.05) is 7.11 Å². The van der Waals surface area contributed by atoms with Gasteiger partial charge in [-0.2, -0.15) is 0 Å². The molecular formula is C16H12N2O4. The van der Waals surface area contributed by atoms with Gasteiger partial charge in [0.1, 0.15) is 11.7 Å². The first-order valence-corrected chi connectivity index (χ1v) is 6.53. The Hall–Kier alpha value is -3.15. The fraction of sp³-hybridized carbons (Fsp3) is 0.0625. The number of nitrogens with zero attached hydrogens (tertiary/aromatic N) is 2. The summed E-state index contributed by atoms with van der Waals surface area (Å²) in [6.45, 7) is 0. The van der Waals surface area contributed by atoms with E-state index >= 15 is 0 Å². The van der Waals surface area contributed by atoms with Crippen LogP contribution in [0.5, 0.6) is 11.7 Å². The van der Waals surface area contributed by atoms with Crippen molar-refractivity contribution in [3.05, 3.63) is 65.9 Å². The van der Waals surface area contributed by atoms with E-state index in [4.69, 9.17) is 4.74 Å². The smallest absolute Gasteiger partial charge is 0.250 e. The van der Waals surface area contributed by atoms with Crippen molar-refractivity contribution >= 4 is 5.78 Å². The van der Waals surface area contributed by atoms with Crippen LogP contribution in [-0.4, -0.2) is 18.2 Å². The average Bonchev–Trinajstić information content (AvgIpc) is 3.00. The standard InChI is InChI=1S/C16H12N2O4/c1-21-12-8-6-11(7-9-12)16(20)13-4-2-3-5-14(13)18-10-15(19)22-17-18/h2-10H,1H3. The molecule has 0 unspecified atom stereocenters. The lowest BCUT2D eigenvalue weighted by Crippen LogP contribution is -2.33. The molecule has 0 spiro atoms. The van der Waals surface area contributed by atoms with Gasteiger partial charge in [0.25, 0.3) is 0 Å². The van der Waals surface area contributed by atoms with Gasteiger partial charge in [0.15, 0.2) is 5.78 Å². The van der Waals surface area contributed by atoms with Crippen molar-refractivity contribution in [3.8, 4) is 17.4 Å². The maximum absolute atomic E-state index is 12.7. The maximum atomic E-state index is 12.7. The van der Waals surface area contributed by atoms with E-state index in [1.807, 2.05) is 0 Å². The van der Waals surface area contributed by atoms with Crippen LogP contribution in [0.1, 0.15) is 15.9 Å². The van der Waals surface area contributed by atoms with E-state index in [9.17, 15) is 9.90 Å². The third-order valence-electron chi connectivity index (χ3n) is 3.19. The molecular weight excluding hydrogens is 284 g/mol. The number of aromatic nitrogens is 2. The normalized spacial score (nSPS) is 10.4. The van der Waals surface area contributed by atoms with Gasteiger partial charge in [-0.25, -0.2) is 0 Å². The fourth-order valence-corrected chi connectivity index (χ4v) is 2.11. The highest BCUT2D eigenvalue weighted by Gasteiger charge is 2.21. The van der Waals surface area contributed by atoms with Gasteiger partial charge in [-0.3, -0.25) is 4.79 Å². The predicted octanol–water partition coefficient (Wildman–Crippen LogP) is 1.26. The molecule has 0 N–H and O–H groups in total. The molecule has 22 heavy (non-hydrogen) atoms. The van der Waals surface area contributed by atoms with Crippen molar-refractivity contribution in [2.24, 2.45) is 0 Å². The number of hydrogen-bond donors (Lipinski definition) is 0. The molecule has 0 saturated heterocycles. The number of hydrogen-bond acceptors (Lipinski definition) is 5. The summed E-state index contributed by atoms with van der Waals surface area (Å²) >= 11 is 0. The predicted molar refractivity (Wildman–Crippen MR) is 73.9 cm³/mol. The molecule has 110 valence electrons. The van der Waals surface area contributed by atoms with Crippen molar-refractivity contribution in [1.29, 1.82) is 0 Å². The molecule has 0 fully saturated rings. The molecule has 0 aliphatic carbocycles. The summed E-state index contributed by atoms with van der Waals surface area (Å²) in [5.41, 5.74) is 1.42. The first-order chi connectivity index (χ1) is 10.7. The van der Waals surface area contributed by atoms with E-state index in [-0.39, 0.29) is 5.78 Å². The third-order valence-corrected chi connectivity index (χ3v) is 3.19. The minimum absolute atomic E-state index is 0.179. The summed E-state index contributed by atoms with van der Waals surface area (Å²) < 4.78 is 10.8. The minimum atomic E-state index is -0.577. The molecule has 3 rings (SSSR count). The number of rotatable bonds is 4. The van der Waals surface area contributed by atoms with Gasteiger partial charge in [-0.05, 0) is 35.0 Å². The Bertz CT molecular complexity index is 809. The molecule has 1 heterocycles. The Morgan fingerprint density at radius 2 is 1.91 bits per heavy atom. The van der Waals surface area contributed by atoms with Gasteiger partial charge >= 0.3 is 0 Å². The lowest BCUT2D eigenvalue weighted by molar-refractivity contribution is -0.670. The summed E-state index contributed by atoms with van der Waals surface area (Å²) in [7, 11) is 1.56. The van der Waals surface area contributed by atoms with Crippen LogP contribution in [0.15, 0.2) is 59.3 Å². The molecule has 2 aromatic carbocycles. The Morgan fingerprint density at radius 1 is 1.18 bits per heavy atom. The number of ether oxygens (including phenoxy) is 1. The third kappa shape index (κ3) is 2.54. The van der Waals surface area contributed by atoms with Crippen LogP contribution in [0, 0.1) is 0 Å². The summed E-state index contributed by atoms with van der Waals surface area (Å²) in [4.78, 5) is 12.7. The Kier molecular flexibility index (Phi) is 3.57. The highest BCUT2D eigenvalue weighted by atomic mass is 16.6. The first-order valence-electron chi connectivity index (χ1n) is 6.53. The lowest BCUT2D eigenvalue weighted by Gasteiger charge is -2.04. The van der Waals surface area contributed by atoms with Crippen molar-refractivity contribution < 1.29 is 23.8 Å². The summed E-state index contributed by atoms with van der Waals surface area (Å²) in [5, 5.41) is 14.7. The Balaban J connectivity index is 2.02. The van der Waals surface area contributed by atoms with Gasteiger partial charge in [-0.15, -0.1) is 0 Å². The van der Waals surface area contributed by atoms with Crippen LogP contribution >= 0.6 is 0 Å². The van der Waals surface area contributed by atoms with Crippen LogP contribution in [0.4, 0.5) is 0 Å². The molecule has 0 amide bonds. The molecule has 0 saturated carbocycles. The van der Waals surface area contributed by atoms with Crippen molar-refractivity contribution in [1.82, 2.24) is 5.27 Å². The van der Waals surface area contributed by atoms with Gasteiger partial charge in [0.05, 0.1) is 17.9 Å². The molecule has 0 aliphatic rings. The highest BCUT2D eigenvalue weighted by Crippen LogP contribution is 2.18. The maximum Gasteiger partial charge on any atom is 0.250 e. The van der Waals surface area contributed by atoms with Crippen molar-refractivity contribution in [2.45, 2.75) is 0 Å². The van der Waals surface area contributed by atoms with E-state index in [1.165, 1.54) is 10.9 Å². The average molecular weight is 296 g/mol. The number of benzene rings is 2. The second-order valence-electron chi connectivity index (χ2n) is 4.54. The van der Waals surface area contributed by atoms with E-state index < -0.39 is 5.95 Å². The van der Waals surface area contributed by atoms with Gasteiger partial charge in [0.2, 0.25) is 11.9 Å². The number of para-hydroxylation sites is 1. The largest absolute Gasteiger partial charge is 0.539 e. The van der Waals surface area contributed by atoms with Gasteiger partial charge in [-0.1, -0.05) is 12.1 Å².